The molecule has 0 unspecified atom stereocenters. The minimum absolute atomic E-state index is 0.0279. The Kier molecular flexibility index (Phi) is 9.55. The van der Waals surface area contributed by atoms with Crippen LogP contribution < -0.4 is 20.9 Å². The van der Waals surface area contributed by atoms with Gasteiger partial charge in [-0.2, -0.15) is 9.97 Å². The van der Waals surface area contributed by atoms with Crippen LogP contribution in [0.5, 0.6) is 0 Å². The molecule has 0 spiro atoms. The predicted molar refractivity (Wildman–Crippen MR) is 179 cm³/mol. The number of hydrogen-bond acceptors (Lipinski definition) is 9. The second-order valence-electron chi connectivity index (χ2n) is 12.5. The Hall–Kier alpha value is -4.75. The number of carbonyl (C=O) groups is 2. The molecule has 47 heavy (non-hydrogen) atoms. The number of nitrogens with one attached hydrogen (secondary N) is 3. The highest BCUT2D eigenvalue weighted by Crippen LogP contribution is 2.35. The molecule has 248 valence electrons. The molecule has 3 amide bonds. The minimum Gasteiger partial charge on any atom is -0.388 e. The van der Waals surface area contributed by atoms with E-state index in [1.165, 1.54) is 4.90 Å². The van der Waals surface area contributed by atoms with Gasteiger partial charge in [0.1, 0.15) is 12.2 Å². The van der Waals surface area contributed by atoms with Crippen molar-refractivity contribution in [3.63, 3.8) is 0 Å². The van der Waals surface area contributed by atoms with Crippen LogP contribution in [0.3, 0.4) is 0 Å². The first-order valence-electron chi connectivity index (χ1n) is 16.2. The van der Waals surface area contributed by atoms with Crippen molar-refractivity contribution < 1.29 is 19.8 Å². The average Bonchev–Trinajstić information content (AvgIpc) is 3.80. The lowest BCUT2D eigenvalue weighted by atomic mass is 9.91. The third-order valence-electron chi connectivity index (χ3n) is 9.17. The van der Waals surface area contributed by atoms with Crippen LogP contribution in [-0.4, -0.2) is 105 Å². The molecule has 2 aromatic carbocycles. The van der Waals surface area contributed by atoms with Gasteiger partial charge in [-0.25, -0.2) is 9.78 Å². The van der Waals surface area contributed by atoms with Crippen molar-refractivity contribution in [1.29, 1.82) is 0 Å². The molecule has 3 heterocycles. The van der Waals surface area contributed by atoms with Crippen molar-refractivity contribution in [1.82, 2.24) is 35.1 Å². The number of rotatable bonds is 10. The highest BCUT2D eigenvalue weighted by molar-refractivity contribution is 5.85. The molecule has 1 aliphatic carbocycles. The number of fused-ring (bicyclic) bond motifs is 1. The van der Waals surface area contributed by atoms with Gasteiger partial charge in [-0.15, -0.1) is 0 Å². The van der Waals surface area contributed by atoms with Gasteiger partial charge < -0.3 is 40.5 Å². The van der Waals surface area contributed by atoms with Crippen molar-refractivity contribution in [2.75, 3.05) is 43.9 Å². The van der Waals surface area contributed by atoms with E-state index in [2.05, 4.69) is 40.2 Å². The molecule has 1 saturated heterocycles. The van der Waals surface area contributed by atoms with E-state index >= 15 is 0 Å². The van der Waals surface area contributed by atoms with Gasteiger partial charge in [0.25, 0.3) is 0 Å². The van der Waals surface area contributed by atoms with Gasteiger partial charge in [-0.1, -0.05) is 67.6 Å². The fourth-order valence-electron chi connectivity index (χ4n) is 6.51. The monoisotopic (exact) mass is 641 g/mol. The summed E-state index contributed by atoms with van der Waals surface area (Å²) in [5, 5.41) is 31.4. The van der Waals surface area contributed by atoms with Crippen molar-refractivity contribution in [2.45, 2.75) is 62.4 Å². The maximum absolute atomic E-state index is 12.4. The molecule has 1 saturated carbocycles. The summed E-state index contributed by atoms with van der Waals surface area (Å²) in [6, 6.07) is 19.2. The van der Waals surface area contributed by atoms with E-state index in [4.69, 9.17) is 15.0 Å². The second-order valence-corrected chi connectivity index (χ2v) is 12.5. The molecule has 13 nitrogen and oxygen atoms in total. The topological polar surface area (TPSA) is 161 Å². The lowest BCUT2D eigenvalue weighted by Gasteiger charge is -2.22. The van der Waals surface area contributed by atoms with Crippen LogP contribution in [0.2, 0.25) is 0 Å². The van der Waals surface area contributed by atoms with Gasteiger partial charge in [-0.3, -0.25) is 4.79 Å². The number of aliphatic hydroxyl groups is 2. The fraction of sp³-hybridized carbons (Fsp3) is 0.441. The number of imidazole rings is 1. The first kappa shape index (κ1) is 32.2. The van der Waals surface area contributed by atoms with Gasteiger partial charge in [0, 0.05) is 52.1 Å². The molecule has 6 rings (SSSR count). The summed E-state index contributed by atoms with van der Waals surface area (Å²) in [6.45, 7) is 3.45. The lowest BCUT2D eigenvalue weighted by molar-refractivity contribution is -0.122. The van der Waals surface area contributed by atoms with E-state index in [0.717, 1.165) is 17.5 Å². The van der Waals surface area contributed by atoms with Crippen LogP contribution in [0.4, 0.5) is 16.6 Å². The molecule has 13 heteroatoms. The van der Waals surface area contributed by atoms with Crippen molar-refractivity contribution >= 4 is 34.9 Å². The molecule has 4 aromatic rings. The summed E-state index contributed by atoms with van der Waals surface area (Å²) in [5.74, 6) is 0.860. The van der Waals surface area contributed by atoms with Crippen molar-refractivity contribution in [2.24, 2.45) is 0 Å². The van der Waals surface area contributed by atoms with E-state index in [1.807, 2.05) is 41.3 Å². The highest BCUT2D eigenvalue weighted by atomic mass is 16.3. The minimum atomic E-state index is -1.14. The molecule has 5 atom stereocenters. The molecule has 0 bridgehead atoms. The number of aromatic nitrogens is 4. The number of carbonyl (C=O) groups excluding carboxylic acids is 2. The van der Waals surface area contributed by atoms with Crippen LogP contribution in [0, 0.1) is 0 Å². The van der Waals surface area contributed by atoms with Gasteiger partial charge in [0.2, 0.25) is 11.9 Å². The first-order chi connectivity index (χ1) is 22.7. The van der Waals surface area contributed by atoms with Crippen molar-refractivity contribution in [3.8, 4) is 0 Å². The Labute approximate surface area is 274 Å². The summed E-state index contributed by atoms with van der Waals surface area (Å²) in [6.07, 6.45) is 0.677. The maximum atomic E-state index is 12.4. The van der Waals surface area contributed by atoms with Crippen LogP contribution >= 0.6 is 0 Å². The number of urea groups is 1. The Morgan fingerprint density at radius 2 is 1.66 bits per heavy atom. The average molecular weight is 642 g/mol. The molecule has 2 fully saturated rings. The van der Waals surface area contributed by atoms with E-state index in [-0.39, 0.29) is 30.3 Å². The van der Waals surface area contributed by atoms with Gasteiger partial charge in [0.15, 0.2) is 17.0 Å². The SMILES string of the molecule is CCC(=O)N[C@H]1C[C@@H](n2cnc3c(NCC(c4ccccc4)c4ccccc4)nc(N4CC[C@@H](NC(=O)N(C)C)C4)nc32)[C@H](O)[C@@H]1O. The van der Waals surface area contributed by atoms with E-state index in [0.29, 0.717) is 49.0 Å². The molecule has 2 aliphatic rings. The van der Waals surface area contributed by atoms with Gasteiger partial charge in [-0.05, 0) is 24.0 Å². The smallest absolute Gasteiger partial charge is 0.317 e. The standard InChI is InChI=1S/C34H43N9O4/c1-4-27(44)38-25-17-26(30(46)29(25)45)43-20-36-28-31(35-18-24(21-11-7-5-8-12-21)22-13-9-6-10-14-22)39-33(40-32(28)43)42-16-15-23(19-42)37-34(47)41(2)3/h5-14,20,23-26,29-30,45-46H,4,15-19H2,1-3H3,(H,37,47)(H,38,44)(H,35,39,40)/t23-,25+,26-,29-,30+/m1/s1. The third kappa shape index (κ3) is 6.86. The third-order valence-corrected chi connectivity index (χ3v) is 9.17. The molecule has 0 radical (unpaired) electrons. The van der Waals surface area contributed by atoms with E-state index in [9.17, 15) is 19.8 Å². The van der Waals surface area contributed by atoms with Crippen molar-refractivity contribution in [3.05, 3.63) is 78.1 Å². The Morgan fingerprint density at radius 3 is 2.30 bits per heavy atom. The second kappa shape index (κ2) is 13.9. The van der Waals surface area contributed by atoms with Crippen LogP contribution in [0.1, 0.15) is 49.3 Å². The number of amides is 3. The summed E-state index contributed by atoms with van der Waals surface area (Å²) in [4.78, 5) is 42.7. The number of nitrogens with zero attached hydrogens (tertiary/aromatic N) is 6. The van der Waals surface area contributed by atoms with Gasteiger partial charge in [0.05, 0.1) is 18.4 Å². The summed E-state index contributed by atoms with van der Waals surface area (Å²) < 4.78 is 1.78. The molecular weight excluding hydrogens is 598 g/mol. The highest BCUT2D eigenvalue weighted by Gasteiger charge is 2.44. The zero-order chi connectivity index (χ0) is 33.1. The van der Waals surface area contributed by atoms with E-state index in [1.54, 1.807) is 31.9 Å². The number of aliphatic hydroxyl groups excluding tert-OH is 2. The number of benzene rings is 2. The Balaban J connectivity index is 1.35. The Bertz CT molecular complexity index is 1640. The first-order valence-corrected chi connectivity index (χ1v) is 16.2. The van der Waals surface area contributed by atoms with Gasteiger partial charge >= 0.3 is 6.03 Å². The molecule has 2 aromatic heterocycles. The molecule has 1 aliphatic heterocycles. The largest absolute Gasteiger partial charge is 0.388 e. The summed E-state index contributed by atoms with van der Waals surface area (Å²) in [7, 11) is 3.42. The predicted octanol–water partition coefficient (Wildman–Crippen LogP) is 2.48. The van der Waals surface area contributed by atoms with Crippen LogP contribution in [0.25, 0.3) is 11.2 Å². The normalized spacial score (nSPS) is 22.5. The fourth-order valence-corrected chi connectivity index (χ4v) is 6.51. The number of anilines is 2. The maximum Gasteiger partial charge on any atom is 0.317 e. The zero-order valence-corrected chi connectivity index (χ0v) is 27.0. The molecular formula is C34H43N9O4. The zero-order valence-electron chi connectivity index (χ0n) is 27.0. The lowest BCUT2D eigenvalue weighted by Crippen LogP contribution is -2.42. The summed E-state index contributed by atoms with van der Waals surface area (Å²) >= 11 is 0. The van der Waals surface area contributed by atoms with Crippen LogP contribution in [-0.2, 0) is 4.79 Å². The molecule has 5 N–H and O–H groups in total. The summed E-state index contributed by atoms with van der Waals surface area (Å²) in [5.41, 5.74) is 3.36. The quantitative estimate of drug-likeness (QED) is 0.175. The number of hydrogen-bond donors (Lipinski definition) is 5. The van der Waals surface area contributed by atoms with Crippen LogP contribution in [0.15, 0.2) is 67.0 Å². The Morgan fingerprint density at radius 1 is 0.979 bits per heavy atom. The van der Waals surface area contributed by atoms with E-state index < -0.39 is 24.3 Å².